The predicted molar refractivity (Wildman–Crippen MR) is 74.3 cm³/mol. The average Bonchev–Trinajstić information content (AvgIpc) is 2.95. The highest BCUT2D eigenvalue weighted by molar-refractivity contribution is 7.18. The molecule has 1 aromatic heterocycles. The van der Waals surface area contributed by atoms with E-state index in [4.69, 9.17) is 10.8 Å². The molecule has 0 bridgehead atoms. The van der Waals surface area contributed by atoms with Crippen LogP contribution in [0.25, 0.3) is 0 Å². The topological polar surface area (TPSA) is 91.5 Å². The van der Waals surface area contributed by atoms with Gasteiger partial charge in [-0.05, 0) is 19.3 Å². The number of hydrogen-bond donors (Lipinski definition) is 3. The normalized spacial score (nSPS) is 22.8. The summed E-state index contributed by atoms with van der Waals surface area (Å²) in [4.78, 5) is 18.8. The third-order valence-corrected chi connectivity index (χ3v) is 4.57. The van der Waals surface area contributed by atoms with Crippen LogP contribution in [-0.2, 0) is 0 Å². The van der Waals surface area contributed by atoms with Gasteiger partial charge in [-0.2, -0.15) is 0 Å². The summed E-state index contributed by atoms with van der Waals surface area (Å²) in [6.45, 7) is 1.43. The van der Waals surface area contributed by atoms with Crippen LogP contribution in [-0.4, -0.2) is 46.6 Å². The van der Waals surface area contributed by atoms with E-state index in [9.17, 15) is 4.79 Å². The molecule has 104 valence electrons. The summed E-state index contributed by atoms with van der Waals surface area (Å²) in [5.41, 5.74) is 5.84. The number of nitrogens with one attached hydrogen (secondary N) is 1. The van der Waals surface area contributed by atoms with Crippen molar-refractivity contribution in [2.24, 2.45) is 5.92 Å². The maximum Gasteiger partial charge on any atom is 0.267 e. The smallest absolute Gasteiger partial charge is 0.267 e. The summed E-state index contributed by atoms with van der Waals surface area (Å²) in [6, 6.07) is 0.499. The Labute approximate surface area is 115 Å². The van der Waals surface area contributed by atoms with Crippen LogP contribution >= 0.6 is 11.3 Å². The zero-order valence-corrected chi connectivity index (χ0v) is 11.4. The number of aromatic nitrogens is 1. The van der Waals surface area contributed by atoms with Crippen molar-refractivity contribution in [1.29, 1.82) is 0 Å². The Morgan fingerprint density at radius 3 is 2.95 bits per heavy atom. The Balaban J connectivity index is 1.70. The molecule has 0 aromatic carbocycles. The first-order valence-electron chi connectivity index (χ1n) is 6.60. The standard InChI is InChI=1S/C12H18N4O2S/c13-10-9(19-12(15-10)14-8-1-2-8)11(18)16-4-3-7(5-16)6-17/h7-8,17H,1-6,13H2,(H,14,15). The Hall–Kier alpha value is -1.34. The molecule has 0 radical (unpaired) electrons. The van der Waals surface area contributed by atoms with Crippen molar-refractivity contribution < 1.29 is 9.90 Å². The van der Waals surface area contributed by atoms with Gasteiger partial charge in [0.25, 0.3) is 5.91 Å². The first kappa shape index (κ1) is 12.7. The second-order valence-corrected chi connectivity index (χ2v) is 6.24. The summed E-state index contributed by atoms with van der Waals surface area (Å²) in [6.07, 6.45) is 3.17. The van der Waals surface area contributed by atoms with E-state index in [1.54, 1.807) is 4.90 Å². The highest BCUT2D eigenvalue weighted by atomic mass is 32.1. The fourth-order valence-electron chi connectivity index (χ4n) is 2.26. The van der Waals surface area contributed by atoms with E-state index in [-0.39, 0.29) is 18.4 Å². The van der Waals surface area contributed by atoms with Crippen LogP contribution in [0.4, 0.5) is 10.9 Å². The zero-order valence-electron chi connectivity index (χ0n) is 10.6. The Bertz CT molecular complexity index is 486. The highest BCUT2D eigenvalue weighted by Crippen LogP contribution is 2.32. The van der Waals surface area contributed by atoms with Gasteiger partial charge in [-0.1, -0.05) is 11.3 Å². The molecule has 4 N–H and O–H groups in total. The molecule has 6 nitrogen and oxygen atoms in total. The van der Waals surface area contributed by atoms with Crippen molar-refractivity contribution in [1.82, 2.24) is 9.88 Å². The van der Waals surface area contributed by atoms with Crippen molar-refractivity contribution >= 4 is 28.2 Å². The fourth-order valence-corrected chi connectivity index (χ4v) is 3.19. The lowest BCUT2D eigenvalue weighted by Crippen LogP contribution is -2.29. The molecule has 1 aliphatic heterocycles. The Morgan fingerprint density at radius 1 is 1.53 bits per heavy atom. The number of carbonyl (C=O) groups is 1. The molecule has 2 heterocycles. The van der Waals surface area contributed by atoms with Crippen LogP contribution in [0.1, 0.15) is 28.9 Å². The number of nitrogens with zero attached hydrogens (tertiary/aromatic N) is 2. The van der Waals surface area contributed by atoms with Gasteiger partial charge in [0, 0.05) is 31.7 Å². The van der Waals surface area contributed by atoms with Crippen molar-refractivity contribution in [2.75, 3.05) is 30.7 Å². The van der Waals surface area contributed by atoms with Gasteiger partial charge in [0.05, 0.1) is 0 Å². The molecule has 1 amide bonds. The van der Waals surface area contributed by atoms with Crippen LogP contribution in [0.15, 0.2) is 0 Å². The molecule has 1 aromatic rings. The van der Waals surface area contributed by atoms with Gasteiger partial charge in [0.15, 0.2) is 5.13 Å². The number of nitrogens with two attached hydrogens (primary N) is 1. The number of aliphatic hydroxyl groups excluding tert-OH is 1. The minimum Gasteiger partial charge on any atom is -0.396 e. The van der Waals surface area contributed by atoms with E-state index < -0.39 is 0 Å². The van der Waals surface area contributed by atoms with E-state index in [2.05, 4.69) is 10.3 Å². The molecule has 1 saturated heterocycles. The number of rotatable bonds is 4. The van der Waals surface area contributed by atoms with Crippen molar-refractivity contribution in [2.45, 2.75) is 25.3 Å². The molecule has 2 fully saturated rings. The van der Waals surface area contributed by atoms with Gasteiger partial charge in [-0.15, -0.1) is 0 Å². The van der Waals surface area contributed by atoms with Crippen LogP contribution in [0.2, 0.25) is 0 Å². The molecule has 1 atom stereocenters. The first-order valence-corrected chi connectivity index (χ1v) is 7.42. The van der Waals surface area contributed by atoms with Crippen molar-refractivity contribution in [3.8, 4) is 0 Å². The molecule has 0 spiro atoms. The van der Waals surface area contributed by atoms with Gasteiger partial charge < -0.3 is 21.1 Å². The van der Waals surface area contributed by atoms with E-state index >= 15 is 0 Å². The lowest BCUT2D eigenvalue weighted by Gasteiger charge is -2.14. The zero-order chi connectivity index (χ0) is 13.4. The fraction of sp³-hybridized carbons (Fsp3) is 0.667. The second-order valence-electron chi connectivity index (χ2n) is 5.24. The maximum atomic E-state index is 12.4. The van der Waals surface area contributed by atoms with Gasteiger partial charge in [0.1, 0.15) is 10.7 Å². The van der Waals surface area contributed by atoms with Gasteiger partial charge in [-0.25, -0.2) is 4.98 Å². The molecule has 2 aliphatic rings. The minimum absolute atomic E-state index is 0.0604. The molecule has 19 heavy (non-hydrogen) atoms. The number of aliphatic hydroxyl groups is 1. The molecule has 7 heteroatoms. The summed E-state index contributed by atoms with van der Waals surface area (Å²) in [5, 5.41) is 13.1. The summed E-state index contributed by atoms with van der Waals surface area (Å²) in [7, 11) is 0. The highest BCUT2D eigenvalue weighted by Gasteiger charge is 2.30. The van der Waals surface area contributed by atoms with Crippen LogP contribution in [0, 0.1) is 5.92 Å². The number of thiazole rings is 1. The lowest BCUT2D eigenvalue weighted by atomic mass is 10.1. The number of hydrogen-bond acceptors (Lipinski definition) is 6. The van der Waals surface area contributed by atoms with Gasteiger partial charge in [0.2, 0.25) is 0 Å². The number of carbonyl (C=O) groups excluding carboxylic acids is 1. The maximum absolute atomic E-state index is 12.4. The molecular formula is C12H18N4O2S. The molecular weight excluding hydrogens is 264 g/mol. The lowest BCUT2D eigenvalue weighted by molar-refractivity contribution is 0.0787. The molecule has 1 saturated carbocycles. The number of anilines is 2. The number of nitrogen functional groups attached to an aromatic ring is 1. The predicted octanol–water partition coefficient (Wildman–Crippen LogP) is 0.754. The van der Waals surface area contributed by atoms with Gasteiger partial charge in [-0.3, -0.25) is 4.79 Å². The number of amides is 1. The van der Waals surface area contributed by atoms with E-state index in [0.717, 1.165) is 24.4 Å². The van der Waals surface area contributed by atoms with E-state index in [1.807, 2.05) is 0 Å². The monoisotopic (exact) mass is 282 g/mol. The second kappa shape index (κ2) is 4.97. The molecule has 3 rings (SSSR count). The van der Waals surface area contributed by atoms with E-state index in [1.165, 1.54) is 11.3 Å². The average molecular weight is 282 g/mol. The van der Waals surface area contributed by atoms with E-state index in [0.29, 0.717) is 29.8 Å². The third-order valence-electron chi connectivity index (χ3n) is 3.58. The molecule has 1 aliphatic carbocycles. The first-order chi connectivity index (χ1) is 9.17. The van der Waals surface area contributed by atoms with Crippen molar-refractivity contribution in [3.63, 3.8) is 0 Å². The van der Waals surface area contributed by atoms with Crippen LogP contribution < -0.4 is 11.1 Å². The summed E-state index contributed by atoms with van der Waals surface area (Å²) >= 11 is 1.33. The summed E-state index contributed by atoms with van der Waals surface area (Å²) < 4.78 is 0. The SMILES string of the molecule is Nc1nc(NC2CC2)sc1C(=O)N1CCC(CO)C1. The quantitative estimate of drug-likeness (QED) is 0.758. The number of likely N-dealkylation sites (tertiary alicyclic amines) is 1. The van der Waals surface area contributed by atoms with Gasteiger partial charge >= 0.3 is 0 Å². The van der Waals surface area contributed by atoms with Crippen molar-refractivity contribution in [3.05, 3.63) is 4.88 Å². The Morgan fingerprint density at radius 2 is 2.32 bits per heavy atom. The summed E-state index contributed by atoms with van der Waals surface area (Å²) in [5.74, 6) is 0.447. The third kappa shape index (κ3) is 2.66. The Kier molecular flexibility index (Phi) is 3.32. The van der Waals surface area contributed by atoms with Crippen LogP contribution in [0.5, 0.6) is 0 Å². The molecule has 1 unspecified atom stereocenters. The minimum atomic E-state index is -0.0604. The largest absolute Gasteiger partial charge is 0.396 e. The van der Waals surface area contributed by atoms with Crippen LogP contribution in [0.3, 0.4) is 0 Å².